The largest absolute Gasteiger partial charge is 0.465 e. The maximum absolute atomic E-state index is 12.3. The predicted octanol–water partition coefficient (Wildman–Crippen LogP) is 2.56. The van der Waals surface area contributed by atoms with Gasteiger partial charge in [-0.1, -0.05) is 23.7 Å². The number of sulfonamides is 1. The molecule has 0 radical (unpaired) electrons. The van der Waals surface area contributed by atoms with Crippen molar-refractivity contribution in [2.75, 3.05) is 13.7 Å². The highest BCUT2D eigenvalue weighted by atomic mass is 35.5. The molecular formula is C16H15ClN2O6S. The Kier molecular flexibility index (Phi) is 6.30. The standard InChI is InChI=1S/C16H15ClN2O6S/c1-25-16(20)12-4-2-11(3-5-12)8-9-18-26(23,24)15-7-6-13(17)10-14(15)19(21)22/h2-7,10,18H,8-9H2,1H3. The second kappa shape index (κ2) is 8.26. The van der Waals surface area contributed by atoms with Gasteiger partial charge in [-0.2, -0.15) is 0 Å². The highest BCUT2D eigenvalue weighted by Crippen LogP contribution is 2.26. The third-order valence-corrected chi connectivity index (χ3v) is 5.23. The molecule has 0 saturated heterocycles. The third kappa shape index (κ3) is 4.78. The summed E-state index contributed by atoms with van der Waals surface area (Å²) < 4.78 is 31.6. The predicted molar refractivity (Wildman–Crippen MR) is 94.8 cm³/mol. The highest BCUT2D eigenvalue weighted by Gasteiger charge is 2.25. The third-order valence-electron chi connectivity index (χ3n) is 3.49. The van der Waals surface area contributed by atoms with Crippen molar-refractivity contribution >= 4 is 33.3 Å². The fourth-order valence-corrected chi connectivity index (χ4v) is 3.54. The quantitative estimate of drug-likeness (QED) is 0.435. The molecule has 0 heterocycles. The Balaban J connectivity index is 2.07. The summed E-state index contributed by atoms with van der Waals surface area (Å²) in [4.78, 5) is 21.2. The summed E-state index contributed by atoms with van der Waals surface area (Å²) in [6, 6.07) is 9.83. The van der Waals surface area contributed by atoms with E-state index in [1.54, 1.807) is 24.3 Å². The molecule has 0 amide bonds. The van der Waals surface area contributed by atoms with Gasteiger partial charge in [-0.25, -0.2) is 17.9 Å². The number of methoxy groups -OCH3 is 1. The summed E-state index contributed by atoms with van der Waals surface area (Å²) in [5.74, 6) is -0.465. The van der Waals surface area contributed by atoms with Gasteiger partial charge in [0.25, 0.3) is 5.69 Å². The first-order chi connectivity index (χ1) is 12.2. The van der Waals surface area contributed by atoms with Gasteiger partial charge in [0, 0.05) is 17.6 Å². The van der Waals surface area contributed by atoms with Gasteiger partial charge in [0.05, 0.1) is 17.6 Å². The van der Waals surface area contributed by atoms with E-state index < -0.39 is 31.5 Å². The van der Waals surface area contributed by atoms with Crippen molar-refractivity contribution in [2.45, 2.75) is 11.3 Å². The number of nitro benzene ring substituents is 1. The van der Waals surface area contributed by atoms with Gasteiger partial charge in [-0.05, 0) is 36.2 Å². The molecule has 0 bridgehead atoms. The van der Waals surface area contributed by atoms with E-state index in [1.807, 2.05) is 0 Å². The summed E-state index contributed by atoms with van der Waals surface area (Å²) in [7, 11) is -2.79. The average Bonchev–Trinajstić information content (AvgIpc) is 2.61. The molecule has 8 nitrogen and oxygen atoms in total. The molecule has 2 aromatic carbocycles. The van der Waals surface area contributed by atoms with Crippen LogP contribution in [0.15, 0.2) is 47.4 Å². The van der Waals surface area contributed by atoms with E-state index in [-0.39, 0.29) is 11.6 Å². The lowest BCUT2D eigenvalue weighted by Crippen LogP contribution is -2.26. The van der Waals surface area contributed by atoms with Crippen LogP contribution in [0.4, 0.5) is 5.69 Å². The smallest absolute Gasteiger partial charge is 0.337 e. The van der Waals surface area contributed by atoms with Crippen LogP contribution in [0.1, 0.15) is 15.9 Å². The first-order valence-electron chi connectivity index (χ1n) is 7.35. The van der Waals surface area contributed by atoms with Crippen LogP contribution in [0.2, 0.25) is 5.02 Å². The average molecular weight is 399 g/mol. The topological polar surface area (TPSA) is 116 Å². The van der Waals surface area contributed by atoms with E-state index in [1.165, 1.54) is 13.2 Å². The van der Waals surface area contributed by atoms with Gasteiger partial charge in [-0.15, -0.1) is 0 Å². The molecule has 2 rings (SSSR count). The Morgan fingerprint density at radius 2 is 1.88 bits per heavy atom. The molecule has 0 aromatic heterocycles. The van der Waals surface area contributed by atoms with Crippen molar-refractivity contribution in [1.82, 2.24) is 4.72 Å². The van der Waals surface area contributed by atoms with Crippen molar-refractivity contribution in [3.8, 4) is 0 Å². The first kappa shape index (κ1) is 19.8. The maximum Gasteiger partial charge on any atom is 0.337 e. The normalized spacial score (nSPS) is 11.2. The van der Waals surface area contributed by atoms with Crippen molar-refractivity contribution in [3.05, 3.63) is 68.7 Å². The molecule has 0 saturated carbocycles. The molecule has 10 heteroatoms. The SMILES string of the molecule is COC(=O)c1ccc(CCNS(=O)(=O)c2ccc(Cl)cc2[N+](=O)[O-])cc1. The number of hydrogen-bond acceptors (Lipinski definition) is 6. The van der Waals surface area contributed by atoms with Crippen LogP contribution in [0, 0.1) is 10.1 Å². The Hall–Kier alpha value is -2.49. The minimum Gasteiger partial charge on any atom is -0.465 e. The molecule has 0 aliphatic carbocycles. The molecule has 0 aliphatic heterocycles. The zero-order valence-corrected chi connectivity index (χ0v) is 15.2. The Morgan fingerprint density at radius 3 is 2.46 bits per heavy atom. The first-order valence-corrected chi connectivity index (χ1v) is 9.21. The van der Waals surface area contributed by atoms with Crippen molar-refractivity contribution in [1.29, 1.82) is 0 Å². The van der Waals surface area contributed by atoms with E-state index in [2.05, 4.69) is 9.46 Å². The minimum absolute atomic E-state index is 0.0275. The molecule has 0 unspecified atom stereocenters. The molecule has 0 spiro atoms. The molecular weight excluding hydrogens is 384 g/mol. The van der Waals surface area contributed by atoms with Crippen molar-refractivity contribution in [3.63, 3.8) is 0 Å². The van der Waals surface area contributed by atoms with E-state index in [4.69, 9.17) is 11.6 Å². The second-order valence-corrected chi connectivity index (χ2v) is 7.38. The Morgan fingerprint density at radius 1 is 1.23 bits per heavy atom. The number of carbonyl (C=O) groups is 1. The molecule has 2 aromatic rings. The van der Waals surface area contributed by atoms with Gasteiger partial charge >= 0.3 is 5.97 Å². The van der Waals surface area contributed by atoms with Crippen LogP contribution in [0.5, 0.6) is 0 Å². The lowest BCUT2D eigenvalue weighted by molar-refractivity contribution is -0.387. The Bertz CT molecular complexity index is 928. The number of hydrogen-bond donors (Lipinski definition) is 1. The zero-order chi connectivity index (χ0) is 19.3. The number of halogens is 1. The van der Waals surface area contributed by atoms with Crippen molar-refractivity contribution < 1.29 is 22.9 Å². The highest BCUT2D eigenvalue weighted by molar-refractivity contribution is 7.89. The van der Waals surface area contributed by atoms with Gasteiger partial charge in [-0.3, -0.25) is 10.1 Å². The number of benzene rings is 2. The fourth-order valence-electron chi connectivity index (χ4n) is 2.19. The van der Waals surface area contributed by atoms with Crippen LogP contribution in [-0.2, 0) is 21.2 Å². The van der Waals surface area contributed by atoms with Crippen LogP contribution < -0.4 is 4.72 Å². The monoisotopic (exact) mass is 398 g/mol. The molecule has 0 aliphatic rings. The van der Waals surface area contributed by atoms with Crippen LogP contribution >= 0.6 is 11.6 Å². The lowest BCUT2D eigenvalue weighted by atomic mass is 10.1. The lowest BCUT2D eigenvalue weighted by Gasteiger charge is -2.08. The van der Waals surface area contributed by atoms with E-state index in [0.29, 0.717) is 12.0 Å². The number of nitrogens with one attached hydrogen (secondary N) is 1. The van der Waals surface area contributed by atoms with Crippen LogP contribution in [0.25, 0.3) is 0 Å². The second-order valence-electron chi connectivity index (χ2n) is 5.21. The number of ether oxygens (including phenoxy) is 1. The van der Waals surface area contributed by atoms with E-state index in [0.717, 1.165) is 17.7 Å². The van der Waals surface area contributed by atoms with E-state index in [9.17, 15) is 23.3 Å². The summed E-state index contributed by atoms with van der Waals surface area (Å²) in [5, 5.41) is 11.1. The van der Waals surface area contributed by atoms with Gasteiger partial charge in [0.15, 0.2) is 4.90 Å². The summed E-state index contributed by atoms with van der Waals surface area (Å²) in [6.07, 6.45) is 0.335. The molecule has 0 fully saturated rings. The molecule has 0 atom stereocenters. The number of nitrogens with zero attached hydrogens (tertiary/aromatic N) is 1. The number of rotatable bonds is 7. The fraction of sp³-hybridized carbons (Fsp3) is 0.188. The summed E-state index contributed by atoms with van der Waals surface area (Å²) in [6.45, 7) is 0.0275. The summed E-state index contributed by atoms with van der Waals surface area (Å²) >= 11 is 5.69. The minimum atomic E-state index is -4.07. The number of carbonyl (C=O) groups excluding carboxylic acids is 1. The van der Waals surface area contributed by atoms with Gasteiger partial charge in [0.2, 0.25) is 10.0 Å². The van der Waals surface area contributed by atoms with Gasteiger partial charge in [0.1, 0.15) is 0 Å². The number of esters is 1. The van der Waals surface area contributed by atoms with E-state index >= 15 is 0 Å². The van der Waals surface area contributed by atoms with Crippen LogP contribution in [-0.4, -0.2) is 33.0 Å². The van der Waals surface area contributed by atoms with Crippen molar-refractivity contribution in [2.24, 2.45) is 0 Å². The zero-order valence-electron chi connectivity index (χ0n) is 13.6. The summed E-state index contributed by atoms with van der Waals surface area (Å²) in [5.41, 5.74) is 0.576. The molecule has 26 heavy (non-hydrogen) atoms. The van der Waals surface area contributed by atoms with Crippen LogP contribution in [0.3, 0.4) is 0 Å². The Labute approximate surface area is 154 Å². The molecule has 138 valence electrons. The molecule has 1 N–H and O–H groups in total. The maximum atomic E-state index is 12.3. The number of nitro groups is 1. The van der Waals surface area contributed by atoms with Gasteiger partial charge < -0.3 is 4.74 Å².